The predicted molar refractivity (Wildman–Crippen MR) is 112 cm³/mol. The maximum atomic E-state index is 13.6. The number of nitrogens with zero attached hydrogens (tertiary/aromatic N) is 1. The van der Waals surface area contributed by atoms with Crippen molar-refractivity contribution in [2.45, 2.75) is 40.9 Å². The predicted octanol–water partition coefficient (Wildman–Crippen LogP) is 4.44. The second-order valence-electron chi connectivity index (χ2n) is 7.87. The molecule has 2 aromatic rings. The molecule has 2 amide bonds. The number of carbonyl (C=O) groups excluding carboxylic acids is 1. The van der Waals surface area contributed by atoms with Crippen LogP contribution in [-0.2, 0) is 21.5 Å². The minimum absolute atomic E-state index is 0.0670. The Kier molecular flexibility index (Phi) is 7.16. The summed E-state index contributed by atoms with van der Waals surface area (Å²) >= 11 is -1.80. The number of benzene rings is 2. The Bertz CT molecular complexity index is 986. The lowest BCUT2D eigenvalue weighted by Gasteiger charge is -2.34. The summed E-state index contributed by atoms with van der Waals surface area (Å²) in [7, 11) is 0. The van der Waals surface area contributed by atoms with E-state index in [0.717, 1.165) is 12.1 Å². The zero-order valence-electron chi connectivity index (χ0n) is 17.9. The molecule has 12 heteroatoms. The summed E-state index contributed by atoms with van der Waals surface area (Å²) in [6, 6.07) is 10.8. The van der Waals surface area contributed by atoms with E-state index in [2.05, 4.69) is 5.32 Å². The van der Waals surface area contributed by atoms with Crippen LogP contribution in [0, 0.1) is 0 Å². The highest BCUT2D eigenvalue weighted by molar-refractivity contribution is 7.92. The highest BCUT2D eigenvalue weighted by Gasteiger charge is 2.71. The van der Waals surface area contributed by atoms with E-state index in [-0.39, 0.29) is 25.1 Å². The maximum Gasteiger partial charge on any atom is 0.430 e. The second kappa shape index (κ2) is 9.31. The molecule has 1 aliphatic heterocycles. The number of carbonyl (C=O) groups is 1. The average Bonchev–Trinajstić information content (AvgIpc) is 3.24. The van der Waals surface area contributed by atoms with Crippen LogP contribution in [0.25, 0.3) is 0 Å². The molecule has 0 spiro atoms. The molecule has 5 nitrogen and oxygen atoms in total. The lowest BCUT2D eigenvalue weighted by molar-refractivity contribution is -0.376. The fourth-order valence-corrected chi connectivity index (χ4v) is 5.74. The van der Waals surface area contributed by atoms with Crippen LogP contribution in [0.3, 0.4) is 0 Å². The van der Waals surface area contributed by atoms with Crippen molar-refractivity contribution in [2.24, 2.45) is 0 Å². The first-order chi connectivity index (χ1) is 15.8. The van der Waals surface area contributed by atoms with Gasteiger partial charge in [-0.2, -0.15) is 26.3 Å². The molecule has 186 valence electrons. The van der Waals surface area contributed by atoms with Gasteiger partial charge in [0.15, 0.2) is 9.64 Å². The van der Waals surface area contributed by atoms with E-state index >= 15 is 0 Å². The number of amides is 2. The minimum Gasteiger partial charge on any atom is -0.611 e. The van der Waals surface area contributed by atoms with Crippen molar-refractivity contribution >= 4 is 17.2 Å². The number of urea groups is 1. The fourth-order valence-electron chi connectivity index (χ4n) is 3.99. The van der Waals surface area contributed by atoms with Gasteiger partial charge in [0.1, 0.15) is 0 Å². The number of hydrogen-bond acceptors (Lipinski definition) is 3. The molecule has 2 atom stereocenters. The Labute approximate surface area is 194 Å². The zero-order chi connectivity index (χ0) is 25.4. The molecule has 2 unspecified atom stereocenters. The van der Waals surface area contributed by atoms with Gasteiger partial charge in [-0.1, -0.05) is 42.5 Å². The Morgan fingerprint density at radius 1 is 1.06 bits per heavy atom. The van der Waals surface area contributed by atoms with Gasteiger partial charge in [-0.15, -0.1) is 0 Å². The van der Waals surface area contributed by atoms with Crippen LogP contribution >= 0.6 is 0 Å². The molecule has 2 N–H and O–H groups in total. The van der Waals surface area contributed by atoms with Crippen molar-refractivity contribution in [3.05, 3.63) is 65.7 Å². The van der Waals surface area contributed by atoms with E-state index in [1.807, 2.05) is 0 Å². The van der Waals surface area contributed by atoms with Crippen molar-refractivity contribution in [1.82, 2.24) is 10.2 Å². The first kappa shape index (κ1) is 26.2. The number of alkyl halides is 6. The highest BCUT2D eigenvalue weighted by Crippen LogP contribution is 2.51. The van der Waals surface area contributed by atoms with E-state index in [0.29, 0.717) is 23.6 Å². The first-order valence-electron chi connectivity index (χ1n) is 10.2. The summed E-state index contributed by atoms with van der Waals surface area (Å²) in [4.78, 5) is 14.2. The summed E-state index contributed by atoms with van der Waals surface area (Å²) in [6.45, 7) is 2.17. The third-order valence-electron chi connectivity index (χ3n) is 5.81. The number of likely N-dealkylation sites (tertiary alicyclic amines) is 1. The number of nitrogens with one attached hydrogen (secondary N) is 1. The summed E-state index contributed by atoms with van der Waals surface area (Å²) < 4.78 is 91.9. The number of rotatable bonds is 5. The largest absolute Gasteiger partial charge is 0.611 e. The molecule has 3 rings (SSSR count). The molecular formula is C22H22F6N2O3S. The molecule has 0 radical (unpaired) electrons. The van der Waals surface area contributed by atoms with Gasteiger partial charge in [-0.25, -0.2) is 4.79 Å². The standard InChI is InChI=1S/C22H22F6N2O3S/c1-2-29-18(31)30-13-12-19(14-30,34(33)17-6-4-3-5-7-17)15-8-10-16(11-9-15)20(32,21(23,24)25)22(26,27)28/h3-11,32H,2,12-14H2,1H3,(H,29,31). The molecule has 1 saturated heterocycles. The summed E-state index contributed by atoms with van der Waals surface area (Å²) in [5.74, 6) is 0. The monoisotopic (exact) mass is 508 g/mol. The molecule has 0 bridgehead atoms. The van der Waals surface area contributed by atoms with Gasteiger partial charge in [-0.05, 0) is 30.2 Å². The van der Waals surface area contributed by atoms with Crippen LogP contribution in [-0.4, -0.2) is 52.6 Å². The van der Waals surface area contributed by atoms with Gasteiger partial charge in [0.25, 0.3) is 5.60 Å². The highest BCUT2D eigenvalue weighted by atomic mass is 32.2. The third kappa shape index (κ3) is 4.46. The van der Waals surface area contributed by atoms with Crippen molar-refractivity contribution in [1.29, 1.82) is 0 Å². The van der Waals surface area contributed by atoms with Crippen LogP contribution in [0.2, 0.25) is 0 Å². The lowest BCUT2D eigenvalue weighted by Crippen LogP contribution is -2.54. The Balaban J connectivity index is 2.07. The Morgan fingerprint density at radius 2 is 1.62 bits per heavy atom. The Hall–Kier alpha value is -2.44. The molecule has 1 fully saturated rings. The summed E-state index contributed by atoms with van der Waals surface area (Å²) in [5, 5.41) is 12.3. The van der Waals surface area contributed by atoms with Crippen molar-refractivity contribution in [3.63, 3.8) is 0 Å². The van der Waals surface area contributed by atoms with Crippen molar-refractivity contribution in [2.75, 3.05) is 19.6 Å². The molecule has 1 heterocycles. The lowest BCUT2D eigenvalue weighted by atomic mass is 9.89. The molecule has 0 saturated carbocycles. The molecule has 2 aromatic carbocycles. The van der Waals surface area contributed by atoms with Gasteiger partial charge in [-0.3, -0.25) is 0 Å². The molecule has 0 aliphatic carbocycles. The van der Waals surface area contributed by atoms with Gasteiger partial charge in [0.05, 0.1) is 6.54 Å². The normalized spacial score (nSPS) is 20.3. The smallest absolute Gasteiger partial charge is 0.430 e. The third-order valence-corrected chi connectivity index (χ3v) is 7.79. The van der Waals surface area contributed by atoms with Crippen molar-refractivity contribution in [3.8, 4) is 0 Å². The van der Waals surface area contributed by atoms with Gasteiger partial charge in [0, 0.05) is 30.6 Å². The maximum absolute atomic E-state index is 13.6. The van der Waals surface area contributed by atoms with Gasteiger partial charge in [0.2, 0.25) is 0 Å². The number of hydrogen-bond donors (Lipinski definition) is 2. The minimum atomic E-state index is -6.01. The first-order valence-corrected chi connectivity index (χ1v) is 11.4. The van der Waals surface area contributed by atoms with E-state index in [9.17, 15) is 40.8 Å². The van der Waals surface area contributed by atoms with Gasteiger partial charge >= 0.3 is 18.4 Å². The van der Waals surface area contributed by atoms with Crippen LogP contribution in [0.1, 0.15) is 24.5 Å². The second-order valence-corrected chi connectivity index (χ2v) is 9.66. The molecular weight excluding hydrogens is 486 g/mol. The van der Waals surface area contributed by atoms with E-state index in [1.54, 1.807) is 37.3 Å². The number of halogens is 6. The van der Waals surface area contributed by atoms with Crippen LogP contribution in [0.4, 0.5) is 31.1 Å². The van der Waals surface area contributed by atoms with Crippen LogP contribution in [0.15, 0.2) is 59.5 Å². The van der Waals surface area contributed by atoms with E-state index in [1.165, 1.54) is 4.90 Å². The molecule has 1 aliphatic rings. The quantitative estimate of drug-likeness (QED) is 0.463. The number of aliphatic hydroxyl groups is 1. The zero-order valence-corrected chi connectivity index (χ0v) is 18.7. The van der Waals surface area contributed by atoms with Gasteiger partial charge < -0.3 is 19.9 Å². The molecule has 0 aromatic heterocycles. The topological polar surface area (TPSA) is 75.6 Å². The molecule has 34 heavy (non-hydrogen) atoms. The summed E-state index contributed by atoms with van der Waals surface area (Å²) in [5.41, 5.74) is -6.28. The Morgan fingerprint density at radius 3 is 2.12 bits per heavy atom. The fraction of sp³-hybridized carbons (Fsp3) is 0.409. The average molecular weight is 508 g/mol. The SMILES string of the molecule is CCNC(=O)N1CCC(c2ccc(C(O)(C(F)(F)F)C(F)(F)F)cc2)([S+]([O-])c2ccccc2)C1. The summed E-state index contributed by atoms with van der Waals surface area (Å²) in [6.07, 6.45) is -11.9. The van der Waals surface area contributed by atoms with Crippen molar-refractivity contribution < 1.29 is 40.8 Å². The van der Waals surface area contributed by atoms with Crippen LogP contribution in [0.5, 0.6) is 0 Å². The van der Waals surface area contributed by atoms with E-state index < -0.39 is 45.5 Å². The van der Waals surface area contributed by atoms with Crippen LogP contribution < -0.4 is 5.32 Å². The van der Waals surface area contributed by atoms with E-state index in [4.69, 9.17) is 0 Å².